The summed E-state index contributed by atoms with van der Waals surface area (Å²) in [6.45, 7) is -0.354. The topological polar surface area (TPSA) is 96.4 Å². The van der Waals surface area contributed by atoms with Crippen LogP contribution in [-0.2, 0) is 19.9 Å². The molecule has 1 aliphatic heterocycles. The van der Waals surface area contributed by atoms with E-state index in [0.717, 1.165) is 0 Å². The van der Waals surface area contributed by atoms with E-state index in [4.69, 9.17) is 10.5 Å². The van der Waals surface area contributed by atoms with Crippen LogP contribution in [0, 0.1) is 17.1 Å². The maximum absolute atomic E-state index is 13.3. The molecule has 0 saturated heterocycles. The lowest BCUT2D eigenvalue weighted by Gasteiger charge is -2.28. The molecule has 2 N–H and O–H groups in total. The van der Waals surface area contributed by atoms with E-state index in [1.165, 1.54) is 36.3 Å². The van der Waals surface area contributed by atoms with Crippen LogP contribution in [0.25, 0.3) is 0 Å². The van der Waals surface area contributed by atoms with E-state index in [1.54, 1.807) is 18.2 Å². The van der Waals surface area contributed by atoms with E-state index in [-0.39, 0.29) is 12.1 Å². The van der Waals surface area contributed by atoms with Crippen LogP contribution in [0.15, 0.2) is 42.5 Å². The van der Waals surface area contributed by atoms with Gasteiger partial charge in [-0.15, -0.1) is 0 Å². The summed E-state index contributed by atoms with van der Waals surface area (Å²) >= 11 is 0. The first-order valence-electron chi connectivity index (χ1n) is 7.40. The molecule has 0 aromatic heterocycles. The maximum Gasteiger partial charge on any atom is 0.269 e. The van der Waals surface area contributed by atoms with Crippen molar-refractivity contribution in [2.45, 2.75) is 5.60 Å². The van der Waals surface area contributed by atoms with Crippen molar-refractivity contribution in [1.29, 1.82) is 5.26 Å². The Kier molecular flexibility index (Phi) is 3.99. The average molecular weight is 339 g/mol. The third-order valence-electron chi connectivity index (χ3n) is 4.22. The van der Waals surface area contributed by atoms with Gasteiger partial charge >= 0.3 is 0 Å². The van der Waals surface area contributed by atoms with Gasteiger partial charge in [0.25, 0.3) is 5.91 Å². The van der Waals surface area contributed by atoms with Crippen molar-refractivity contribution >= 4 is 17.5 Å². The Balaban J connectivity index is 2.33. The Hall–Kier alpha value is -3.24. The van der Waals surface area contributed by atoms with E-state index >= 15 is 0 Å². The molecule has 0 unspecified atom stereocenters. The summed E-state index contributed by atoms with van der Waals surface area (Å²) in [7, 11) is 1.33. The van der Waals surface area contributed by atoms with Crippen LogP contribution in [0.3, 0.4) is 0 Å². The zero-order chi connectivity index (χ0) is 18.2. The van der Waals surface area contributed by atoms with Gasteiger partial charge in [0.2, 0.25) is 5.91 Å². The van der Waals surface area contributed by atoms with Crippen LogP contribution in [0.1, 0.15) is 16.7 Å². The number of fused-ring (bicyclic) bond motifs is 1. The van der Waals surface area contributed by atoms with Crippen molar-refractivity contribution in [2.75, 3.05) is 18.6 Å². The molecule has 0 spiro atoms. The lowest BCUT2D eigenvalue weighted by Crippen LogP contribution is -2.45. The number of nitrogens with zero attached hydrogens (tertiary/aromatic N) is 2. The molecule has 1 atom stereocenters. The number of hydrogen-bond acceptors (Lipinski definition) is 4. The molecule has 0 fully saturated rings. The molecule has 1 aliphatic rings. The second-order valence-electron chi connectivity index (χ2n) is 5.56. The van der Waals surface area contributed by atoms with Crippen molar-refractivity contribution in [3.8, 4) is 6.07 Å². The van der Waals surface area contributed by atoms with Crippen molar-refractivity contribution in [2.24, 2.45) is 5.73 Å². The van der Waals surface area contributed by atoms with Crippen molar-refractivity contribution in [1.82, 2.24) is 0 Å². The predicted octanol–water partition coefficient (Wildman–Crippen LogP) is 1.42. The van der Waals surface area contributed by atoms with E-state index in [2.05, 4.69) is 0 Å². The van der Waals surface area contributed by atoms with Gasteiger partial charge in [-0.3, -0.25) is 14.5 Å². The Morgan fingerprint density at radius 3 is 2.56 bits per heavy atom. The maximum atomic E-state index is 13.3. The predicted molar refractivity (Wildman–Crippen MR) is 86.9 cm³/mol. The fraction of sp³-hybridized carbons (Fsp3) is 0.167. The number of carbonyl (C=O) groups is 2. The van der Waals surface area contributed by atoms with Crippen LogP contribution in [0.5, 0.6) is 0 Å². The molecule has 0 saturated carbocycles. The molecule has 25 heavy (non-hydrogen) atoms. The van der Waals surface area contributed by atoms with Gasteiger partial charge in [-0.05, 0) is 29.8 Å². The van der Waals surface area contributed by atoms with Gasteiger partial charge in [0, 0.05) is 12.7 Å². The van der Waals surface area contributed by atoms with E-state index < -0.39 is 23.2 Å². The number of methoxy groups -OCH3 is 1. The van der Waals surface area contributed by atoms with Crippen molar-refractivity contribution in [3.05, 3.63) is 65.0 Å². The van der Waals surface area contributed by atoms with Crippen LogP contribution in [-0.4, -0.2) is 25.5 Å². The Bertz CT molecular complexity index is 905. The fourth-order valence-electron chi connectivity index (χ4n) is 3.21. The molecule has 6 nitrogen and oxygen atoms in total. The number of ether oxygens (including phenoxy) is 1. The van der Waals surface area contributed by atoms with Crippen LogP contribution < -0.4 is 10.6 Å². The molecule has 7 heteroatoms. The van der Waals surface area contributed by atoms with Gasteiger partial charge in [0.15, 0.2) is 5.60 Å². The van der Waals surface area contributed by atoms with Gasteiger partial charge in [-0.25, -0.2) is 4.39 Å². The molecule has 0 radical (unpaired) electrons. The first-order valence-corrected chi connectivity index (χ1v) is 7.40. The van der Waals surface area contributed by atoms with E-state index in [0.29, 0.717) is 16.8 Å². The highest BCUT2D eigenvalue weighted by Gasteiger charge is 2.54. The second-order valence-corrected chi connectivity index (χ2v) is 5.56. The van der Waals surface area contributed by atoms with Crippen LogP contribution in [0.2, 0.25) is 0 Å². The minimum absolute atomic E-state index is 0.226. The SMILES string of the molecule is CO[C@]1(c2ccc(F)cc2)C(=O)N(CC(N)=O)c2cccc(C#N)c21. The van der Waals surface area contributed by atoms with Gasteiger partial charge < -0.3 is 10.5 Å². The van der Waals surface area contributed by atoms with E-state index in [1.807, 2.05) is 6.07 Å². The number of primary amides is 1. The monoisotopic (exact) mass is 339 g/mol. The summed E-state index contributed by atoms with van der Waals surface area (Å²) in [6, 6.07) is 12.1. The highest BCUT2D eigenvalue weighted by atomic mass is 19.1. The lowest BCUT2D eigenvalue weighted by molar-refractivity contribution is -0.136. The lowest BCUT2D eigenvalue weighted by atomic mass is 9.84. The smallest absolute Gasteiger partial charge is 0.269 e. The van der Waals surface area contributed by atoms with Gasteiger partial charge in [-0.2, -0.15) is 5.26 Å². The summed E-state index contributed by atoms with van der Waals surface area (Å²) in [5.74, 6) is -1.73. The zero-order valence-electron chi connectivity index (χ0n) is 13.3. The number of anilines is 1. The molecular weight excluding hydrogens is 325 g/mol. The number of nitriles is 1. The Labute approximate surface area is 143 Å². The molecule has 2 amide bonds. The number of rotatable bonds is 4. The fourth-order valence-corrected chi connectivity index (χ4v) is 3.21. The number of benzene rings is 2. The largest absolute Gasteiger partial charge is 0.368 e. The first kappa shape index (κ1) is 16.6. The standard InChI is InChI=1S/C18H14FN3O3/c1-25-18(12-5-7-13(19)8-6-12)16-11(9-20)3-2-4-14(16)22(17(18)24)10-15(21)23/h2-8H,10H2,1H3,(H2,21,23)/t18-/m0/s1. The Morgan fingerprint density at radius 1 is 1.32 bits per heavy atom. The molecule has 0 bridgehead atoms. The molecule has 1 heterocycles. The number of halogens is 1. The quantitative estimate of drug-likeness (QED) is 0.911. The van der Waals surface area contributed by atoms with Gasteiger partial charge in [0.05, 0.1) is 17.3 Å². The third-order valence-corrected chi connectivity index (χ3v) is 4.22. The minimum atomic E-state index is -1.65. The minimum Gasteiger partial charge on any atom is -0.368 e. The summed E-state index contributed by atoms with van der Waals surface area (Å²) in [5, 5.41) is 9.49. The van der Waals surface area contributed by atoms with Crippen molar-refractivity contribution < 1.29 is 18.7 Å². The first-order chi connectivity index (χ1) is 12.0. The molecule has 126 valence electrons. The second kappa shape index (κ2) is 6.00. The average Bonchev–Trinajstić information content (AvgIpc) is 2.84. The number of nitrogens with two attached hydrogens (primary N) is 1. The number of carbonyl (C=O) groups excluding carboxylic acids is 2. The number of amides is 2. The van der Waals surface area contributed by atoms with Crippen molar-refractivity contribution in [3.63, 3.8) is 0 Å². The zero-order valence-corrected chi connectivity index (χ0v) is 13.3. The van der Waals surface area contributed by atoms with Gasteiger partial charge in [-0.1, -0.05) is 18.2 Å². The molecule has 3 rings (SSSR count). The third kappa shape index (κ3) is 2.35. The molecule has 0 aliphatic carbocycles. The van der Waals surface area contributed by atoms with Gasteiger partial charge in [0.1, 0.15) is 12.4 Å². The summed E-state index contributed by atoms with van der Waals surface area (Å²) in [4.78, 5) is 25.8. The summed E-state index contributed by atoms with van der Waals surface area (Å²) in [5.41, 5.74) is 4.89. The van der Waals surface area contributed by atoms with Crippen LogP contribution >= 0.6 is 0 Å². The normalized spacial score (nSPS) is 18.8. The number of hydrogen-bond donors (Lipinski definition) is 1. The van der Waals surface area contributed by atoms with E-state index in [9.17, 15) is 19.2 Å². The van der Waals surface area contributed by atoms with Crippen LogP contribution in [0.4, 0.5) is 10.1 Å². The highest BCUT2D eigenvalue weighted by molar-refractivity contribution is 6.12. The molecular formula is C18H14FN3O3. The Morgan fingerprint density at radius 2 is 2.00 bits per heavy atom. The molecule has 2 aromatic rings. The molecule has 2 aromatic carbocycles. The summed E-state index contributed by atoms with van der Waals surface area (Å²) in [6.07, 6.45) is 0. The summed E-state index contributed by atoms with van der Waals surface area (Å²) < 4.78 is 18.9. The highest BCUT2D eigenvalue weighted by Crippen LogP contribution is 2.48.